The van der Waals surface area contributed by atoms with Crippen molar-refractivity contribution in [3.63, 3.8) is 0 Å². The van der Waals surface area contributed by atoms with Gasteiger partial charge in [-0.25, -0.2) is 0 Å². The van der Waals surface area contributed by atoms with Gasteiger partial charge < -0.3 is 23.9 Å². The van der Waals surface area contributed by atoms with Crippen LogP contribution in [0.5, 0.6) is 5.75 Å². The molecular weight excluding hydrogens is 426 g/mol. The van der Waals surface area contributed by atoms with E-state index in [1.54, 1.807) is 17.6 Å². The van der Waals surface area contributed by atoms with E-state index in [0.717, 1.165) is 22.5 Å². The summed E-state index contributed by atoms with van der Waals surface area (Å²) in [5.74, 6) is -2.58. The van der Waals surface area contributed by atoms with Gasteiger partial charge in [-0.1, -0.05) is 25.5 Å². The number of aromatic hydroxyl groups is 1. The van der Waals surface area contributed by atoms with Crippen LogP contribution in [0.15, 0.2) is 44.3 Å². The van der Waals surface area contributed by atoms with Gasteiger partial charge in [-0.15, -0.1) is 0 Å². The van der Waals surface area contributed by atoms with Crippen LogP contribution < -0.4 is 11.0 Å². The molecule has 0 spiro atoms. The van der Waals surface area contributed by atoms with Gasteiger partial charge in [-0.05, 0) is 43.4 Å². The van der Waals surface area contributed by atoms with E-state index in [1.165, 1.54) is 0 Å². The fraction of sp³-hybridized carbons (Fsp3) is 0.400. The van der Waals surface area contributed by atoms with Gasteiger partial charge in [0, 0.05) is 18.2 Å². The first kappa shape index (κ1) is 24.3. The lowest BCUT2D eigenvalue weighted by molar-refractivity contribution is -0.143. The van der Waals surface area contributed by atoms with Gasteiger partial charge in [0.2, 0.25) is 11.2 Å². The number of hydrogen-bond acceptors (Lipinski definition) is 7. The third kappa shape index (κ3) is 5.17. The third-order valence-electron chi connectivity index (χ3n) is 5.35. The average molecular weight is 456 g/mol. The lowest BCUT2D eigenvalue weighted by Crippen LogP contribution is -2.29. The molecule has 2 N–H and O–H groups in total. The number of aliphatic hydroxyl groups excluding tert-OH is 1. The molecule has 2 heterocycles. The number of benzene rings is 1. The number of fused-ring (bicyclic) bond motifs is 1. The number of ether oxygens (including phenoxy) is 1. The number of pyridine rings is 1. The molecule has 0 radical (unpaired) electrons. The molecule has 176 valence electrons. The summed E-state index contributed by atoms with van der Waals surface area (Å²) in [5, 5.41) is 20.8. The Bertz CT molecular complexity index is 1290. The predicted octanol–water partition coefficient (Wildman–Crippen LogP) is 3.20. The number of aryl methyl sites for hydroxylation is 1. The molecule has 0 aliphatic carbocycles. The van der Waals surface area contributed by atoms with Crippen molar-refractivity contribution < 1.29 is 24.2 Å². The van der Waals surface area contributed by atoms with Crippen molar-refractivity contribution in [2.75, 3.05) is 6.61 Å². The van der Waals surface area contributed by atoms with E-state index in [-0.39, 0.29) is 41.6 Å². The zero-order valence-corrected chi connectivity index (χ0v) is 19.3. The fourth-order valence-electron chi connectivity index (χ4n) is 3.93. The second-order valence-corrected chi connectivity index (χ2v) is 8.48. The van der Waals surface area contributed by atoms with Crippen LogP contribution in [-0.2, 0) is 22.7 Å². The molecule has 3 rings (SSSR count). The van der Waals surface area contributed by atoms with Crippen LogP contribution in [0.1, 0.15) is 55.8 Å². The SMILES string of the molecule is CCOC(=O)C[C@H](c1oc(CO)cc(=O)c1O)c1cc2cc(C)ccc2n(CC(C)C)c1=O. The Balaban J connectivity index is 2.35. The monoisotopic (exact) mass is 455 g/mol. The number of aromatic nitrogens is 1. The van der Waals surface area contributed by atoms with Crippen LogP contribution in [0, 0.1) is 12.8 Å². The van der Waals surface area contributed by atoms with E-state index in [9.17, 15) is 24.6 Å². The summed E-state index contributed by atoms with van der Waals surface area (Å²) in [7, 11) is 0. The predicted molar refractivity (Wildman–Crippen MR) is 123 cm³/mol. The summed E-state index contributed by atoms with van der Waals surface area (Å²) in [4.78, 5) is 38.4. The minimum atomic E-state index is -1.08. The molecule has 0 aliphatic rings. The minimum Gasteiger partial charge on any atom is -0.502 e. The van der Waals surface area contributed by atoms with Crippen LogP contribution in [-0.4, -0.2) is 27.4 Å². The molecular formula is C25H29NO7. The van der Waals surface area contributed by atoms with Gasteiger partial charge in [0.25, 0.3) is 5.56 Å². The maximum Gasteiger partial charge on any atom is 0.306 e. The lowest BCUT2D eigenvalue weighted by atomic mass is 9.91. The summed E-state index contributed by atoms with van der Waals surface area (Å²) in [5.41, 5.74) is 0.795. The Hall–Kier alpha value is -3.39. The molecule has 33 heavy (non-hydrogen) atoms. The molecule has 2 aromatic heterocycles. The zero-order chi connectivity index (χ0) is 24.3. The molecule has 3 aromatic rings. The zero-order valence-electron chi connectivity index (χ0n) is 19.3. The molecule has 1 aromatic carbocycles. The highest BCUT2D eigenvalue weighted by atomic mass is 16.5. The van der Waals surface area contributed by atoms with Crippen LogP contribution in [0.2, 0.25) is 0 Å². The molecule has 8 nitrogen and oxygen atoms in total. The second-order valence-electron chi connectivity index (χ2n) is 8.48. The Kier molecular flexibility index (Phi) is 7.38. The van der Waals surface area contributed by atoms with E-state index in [1.807, 2.05) is 39.0 Å². The molecule has 8 heteroatoms. The van der Waals surface area contributed by atoms with E-state index in [2.05, 4.69) is 0 Å². The number of hydrogen-bond donors (Lipinski definition) is 2. The first-order chi connectivity index (χ1) is 15.7. The molecule has 0 aliphatic heterocycles. The maximum absolute atomic E-state index is 13.7. The van der Waals surface area contributed by atoms with Gasteiger partial charge in [-0.3, -0.25) is 14.4 Å². The quantitative estimate of drug-likeness (QED) is 0.501. The van der Waals surface area contributed by atoms with Crippen molar-refractivity contribution in [1.29, 1.82) is 0 Å². The highest BCUT2D eigenvalue weighted by molar-refractivity contribution is 5.81. The van der Waals surface area contributed by atoms with Gasteiger partial charge in [0.05, 0.1) is 24.5 Å². The van der Waals surface area contributed by atoms with E-state index in [0.29, 0.717) is 6.54 Å². The van der Waals surface area contributed by atoms with Gasteiger partial charge in [-0.2, -0.15) is 0 Å². The normalized spacial score (nSPS) is 12.3. The smallest absolute Gasteiger partial charge is 0.306 e. The molecule has 0 unspecified atom stereocenters. The third-order valence-corrected chi connectivity index (χ3v) is 5.35. The van der Waals surface area contributed by atoms with Crippen molar-refractivity contribution >= 4 is 16.9 Å². The van der Waals surface area contributed by atoms with Gasteiger partial charge in [0.1, 0.15) is 12.4 Å². The molecule has 1 atom stereocenters. The molecule has 0 saturated carbocycles. The van der Waals surface area contributed by atoms with Crippen LogP contribution in [0.25, 0.3) is 10.9 Å². The van der Waals surface area contributed by atoms with Crippen LogP contribution in [0.3, 0.4) is 0 Å². The van der Waals surface area contributed by atoms with Gasteiger partial charge >= 0.3 is 5.97 Å². The highest BCUT2D eigenvalue weighted by Gasteiger charge is 2.30. The number of aliphatic hydroxyl groups is 1. The van der Waals surface area contributed by atoms with Crippen molar-refractivity contribution in [1.82, 2.24) is 4.57 Å². The average Bonchev–Trinajstić information content (AvgIpc) is 2.76. The number of rotatable bonds is 8. The Morgan fingerprint density at radius 2 is 1.91 bits per heavy atom. The van der Waals surface area contributed by atoms with Crippen LogP contribution in [0.4, 0.5) is 0 Å². The summed E-state index contributed by atoms with van der Waals surface area (Å²) < 4.78 is 12.3. The van der Waals surface area contributed by atoms with E-state index in [4.69, 9.17) is 9.15 Å². The molecule has 0 bridgehead atoms. The summed E-state index contributed by atoms with van der Waals surface area (Å²) >= 11 is 0. The summed E-state index contributed by atoms with van der Waals surface area (Å²) in [6, 6.07) is 8.36. The topological polar surface area (TPSA) is 119 Å². The van der Waals surface area contributed by atoms with Crippen molar-refractivity contribution in [2.45, 2.75) is 53.2 Å². The maximum atomic E-state index is 13.7. The van der Waals surface area contributed by atoms with E-state index < -0.39 is 29.7 Å². The number of esters is 1. The molecule has 0 fully saturated rings. The standard InChI is InChI=1S/C25H29NO7/c1-5-32-22(29)11-18(24-23(30)21(28)10-17(13-27)33-24)19-9-16-8-15(4)6-7-20(16)26(25(19)31)12-14(2)3/h6-10,14,18,27,30H,5,11-13H2,1-4H3/t18-/m0/s1. The number of carbonyl (C=O) groups excluding carboxylic acids is 1. The largest absolute Gasteiger partial charge is 0.502 e. The Labute approximate surface area is 191 Å². The fourth-order valence-corrected chi connectivity index (χ4v) is 3.93. The lowest BCUT2D eigenvalue weighted by Gasteiger charge is -2.20. The number of carbonyl (C=O) groups is 1. The van der Waals surface area contributed by atoms with Crippen molar-refractivity contribution in [3.8, 4) is 5.75 Å². The number of nitrogens with zero attached hydrogens (tertiary/aromatic N) is 1. The minimum absolute atomic E-state index is 0.0826. The van der Waals surface area contributed by atoms with Crippen molar-refractivity contribution in [3.05, 3.63) is 73.6 Å². The van der Waals surface area contributed by atoms with Gasteiger partial charge in [0.15, 0.2) is 5.76 Å². The Morgan fingerprint density at radius 1 is 1.18 bits per heavy atom. The highest BCUT2D eigenvalue weighted by Crippen LogP contribution is 2.33. The Morgan fingerprint density at radius 3 is 2.55 bits per heavy atom. The molecule has 0 saturated heterocycles. The first-order valence-electron chi connectivity index (χ1n) is 10.9. The van der Waals surface area contributed by atoms with E-state index >= 15 is 0 Å². The van der Waals surface area contributed by atoms with Crippen molar-refractivity contribution in [2.24, 2.45) is 5.92 Å². The summed E-state index contributed by atoms with van der Waals surface area (Å²) in [6.07, 6.45) is -0.326. The second kappa shape index (κ2) is 10.0. The first-order valence-corrected chi connectivity index (χ1v) is 10.9. The van der Waals surface area contributed by atoms with Crippen LogP contribution >= 0.6 is 0 Å². The molecule has 0 amide bonds. The summed E-state index contributed by atoms with van der Waals surface area (Å²) in [6.45, 7) is 7.56.